The van der Waals surface area contributed by atoms with Crippen LogP contribution in [0.4, 0.5) is 17.6 Å². The van der Waals surface area contributed by atoms with Crippen LogP contribution in [0.15, 0.2) is 18.5 Å². The van der Waals surface area contributed by atoms with Crippen LogP contribution in [-0.4, -0.2) is 69.2 Å². The van der Waals surface area contributed by atoms with Gasteiger partial charge in [-0.25, -0.2) is 14.5 Å². The number of anilines is 3. The van der Waals surface area contributed by atoms with Gasteiger partial charge in [-0.15, -0.1) is 5.10 Å². The average molecular weight is 469 g/mol. The van der Waals surface area contributed by atoms with E-state index in [2.05, 4.69) is 57.3 Å². The lowest BCUT2D eigenvalue weighted by Gasteiger charge is -2.34. The van der Waals surface area contributed by atoms with E-state index < -0.39 is 12.9 Å². The Morgan fingerprint density at radius 3 is 2.74 bits per heavy atom. The van der Waals surface area contributed by atoms with Gasteiger partial charge in [0.2, 0.25) is 5.95 Å². The van der Waals surface area contributed by atoms with Crippen LogP contribution in [0.25, 0.3) is 5.65 Å². The lowest BCUT2D eigenvalue weighted by atomic mass is 9.96. The van der Waals surface area contributed by atoms with Crippen molar-refractivity contribution in [2.75, 3.05) is 49.7 Å². The number of piperidine rings is 1. The summed E-state index contributed by atoms with van der Waals surface area (Å²) in [6.45, 7) is 5.07. The van der Waals surface area contributed by atoms with Crippen molar-refractivity contribution in [3.63, 3.8) is 0 Å². The molecular formula is C25H39N9. The minimum Gasteiger partial charge on any atom is -0.380 e. The molecule has 4 rings (SSSR count). The predicted octanol–water partition coefficient (Wildman–Crippen LogP) is 3.38. The summed E-state index contributed by atoms with van der Waals surface area (Å²) < 4.78 is 25.1. The van der Waals surface area contributed by atoms with Crippen LogP contribution in [0.1, 0.15) is 60.4 Å². The second-order valence-electron chi connectivity index (χ2n) is 9.64. The summed E-state index contributed by atoms with van der Waals surface area (Å²) in [5, 5.41) is 7.50. The normalized spacial score (nSPS) is 17.6. The zero-order valence-corrected chi connectivity index (χ0v) is 20.8. The highest BCUT2D eigenvalue weighted by Crippen LogP contribution is 2.26. The number of imidazole rings is 1. The first-order valence-corrected chi connectivity index (χ1v) is 12.2. The second-order valence-corrected chi connectivity index (χ2v) is 9.64. The molecule has 1 atom stereocenters. The number of nitrogens with one attached hydrogen (secondary N) is 1. The van der Waals surface area contributed by atoms with Crippen LogP contribution >= 0.6 is 0 Å². The van der Waals surface area contributed by atoms with E-state index in [1.54, 1.807) is 10.7 Å². The van der Waals surface area contributed by atoms with Crippen molar-refractivity contribution < 1.29 is 4.11 Å². The molecule has 3 N–H and O–H groups in total. The molecule has 0 bridgehead atoms. The monoisotopic (exact) mass is 468 g/mol. The average Bonchev–Trinajstić information content (AvgIpc) is 3.22. The SMILES string of the molecule is [2H]C([2H])([2H])[C@H](CCC)Nc1nc(N)c2ncc(Cc3cnc(N4CCC(CN(C)C)CC4)c(C)c3)n2n1. The number of aryl methyl sites for hydroxylation is 1. The van der Waals surface area contributed by atoms with Crippen molar-refractivity contribution >= 4 is 23.2 Å². The van der Waals surface area contributed by atoms with Crippen molar-refractivity contribution in [2.24, 2.45) is 5.92 Å². The van der Waals surface area contributed by atoms with Crippen LogP contribution in [0, 0.1) is 12.8 Å². The third-order valence-corrected chi connectivity index (χ3v) is 6.37. The van der Waals surface area contributed by atoms with Gasteiger partial charge in [0.25, 0.3) is 0 Å². The van der Waals surface area contributed by atoms with Crippen molar-refractivity contribution in [3.8, 4) is 0 Å². The molecule has 1 saturated heterocycles. The molecule has 0 aliphatic carbocycles. The Morgan fingerprint density at radius 1 is 1.26 bits per heavy atom. The van der Waals surface area contributed by atoms with Gasteiger partial charge >= 0.3 is 0 Å². The Balaban J connectivity index is 1.51. The maximum absolute atomic E-state index is 7.82. The Bertz CT molecular complexity index is 1200. The molecule has 1 aliphatic rings. The van der Waals surface area contributed by atoms with Gasteiger partial charge in [-0.1, -0.05) is 19.4 Å². The first-order valence-electron chi connectivity index (χ1n) is 13.7. The molecule has 0 unspecified atom stereocenters. The van der Waals surface area contributed by atoms with Crippen molar-refractivity contribution in [2.45, 2.75) is 58.8 Å². The van der Waals surface area contributed by atoms with Gasteiger partial charge in [-0.3, -0.25) is 0 Å². The molecule has 9 heteroatoms. The molecule has 0 spiro atoms. The third kappa shape index (κ3) is 5.58. The van der Waals surface area contributed by atoms with E-state index in [0.29, 0.717) is 18.5 Å². The van der Waals surface area contributed by atoms with Gasteiger partial charge < -0.3 is 20.9 Å². The first-order chi connectivity index (χ1) is 17.5. The number of aromatic nitrogens is 5. The fourth-order valence-corrected chi connectivity index (χ4v) is 4.75. The fraction of sp³-hybridized carbons (Fsp3) is 0.600. The molecule has 0 aromatic carbocycles. The molecule has 0 saturated carbocycles. The molecule has 4 heterocycles. The van der Waals surface area contributed by atoms with Gasteiger partial charge in [0.15, 0.2) is 11.5 Å². The second kappa shape index (κ2) is 10.5. The first kappa shape index (κ1) is 20.4. The van der Waals surface area contributed by atoms with E-state index in [4.69, 9.17) is 14.8 Å². The van der Waals surface area contributed by atoms with E-state index in [-0.39, 0.29) is 11.8 Å². The molecule has 9 nitrogen and oxygen atoms in total. The minimum absolute atomic E-state index is 0.182. The summed E-state index contributed by atoms with van der Waals surface area (Å²) in [5.41, 5.74) is 9.61. The molecule has 1 fully saturated rings. The van der Waals surface area contributed by atoms with Crippen molar-refractivity contribution in [1.29, 1.82) is 0 Å². The van der Waals surface area contributed by atoms with Crippen LogP contribution in [0.3, 0.4) is 0 Å². The van der Waals surface area contributed by atoms with Gasteiger partial charge in [0.1, 0.15) is 5.82 Å². The summed E-state index contributed by atoms with van der Waals surface area (Å²) in [5.74, 6) is 2.18. The van der Waals surface area contributed by atoms with Gasteiger partial charge in [-0.05, 0) is 64.2 Å². The number of hydrogen-bond donors (Lipinski definition) is 2. The van der Waals surface area contributed by atoms with Crippen LogP contribution in [-0.2, 0) is 6.42 Å². The maximum atomic E-state index is 7.82. The van der Waals surface area contributed by atoms with Gasteiger partial charge in [0, 0.05) is 42.4 Å². The molecule has 3 aromatic heterocycles. The van der Waals surface area contributed by atoms with Crippen LogP contribution in [0.2, 0.25) is 0 Å². The number of hydrogen-bond acceptors (Lipinski definition) is 8. The van der Waals surface area contributed by atoms with Crippen LogP contribution in [0.5, 0.6) is 0 Å². The molecule has 1 aliphatic heterocycles. The van der Waals surface area contributed by atoms with Gasteiger partial charge in [0.05, 0.1) is 11.9 Å². The Labute approximate surface area is 207 Å². The van der Waals surface area contributed by atoms with E-state index in [1.165, 1.54) is 12.8 Å². The molecule has 0 amide bonds. The van der Waals surface area contributed by atoms with Crippen molar-refractivity contribution in [1.82, 2.24) is 29.5 Å². The predicted molar refractivity (Wildman–Crippen MR) is 138 cm³/mol. The van der Waals surface area contributed by atoms with E-state index in [9.17, 15) is 0 Å². The van der Waals surface area contributed by atoms with E-state index in [0.717, 1.165) is 54.6 Å². The Hall–Kier alpha value is -2.94. The number of fused-ring (bicyclic) bond motifs is 1. The summed E-state index contributed by atoms with van der Waals surface area (Å²) in [6, 6.07) is 1.41. The highest BCUT2D eigenvalue weighted by atomic mass is 15.3. The van der Waals surface area contributed by atoms with E-state index >= 15 is 0 Å². The molecular weight excluding hydrogens is 426 g/mol. The number of rotatable bonds is 9. The largest absolute Gasteiger partial charge is 0.380 e. The quantitative estimate of drug-likeness (QED) is 0.493. The highest BCUT2D eigenvalue weighted by molar-refractivity contribution is 5.61. The molecule has 3 aromatic rings. The Morgan fingerprint density at radius 2 is 2.06 bits per heavy atom. The number of nitrogen functional groups attached to an aromatic ring is 1. The van der Waals surface area contributed by atoms with Gasteiger partial charge in [-0.2, -0.15) is 4.98 Å². The zero-order chi connectivity index (χ0) is 26.7. The smallest absolute Gasteiger partial charge is 0.243 e. The number of nitrogens with zero attached hydrogens (tertiary/aromatic N) is 7. The summed E-state index contributed by atoms with van der Waals surface area (Å²) in [7, 11) is 4.28. The highest BCUT2D eigenvalue weighted by Gasteiger charge is 2.22. The van der Waals surface area contributed by atoms with Crippen molar-refractivity contribution in [3.05, 3.63) is 35.3 Å². The minimum atomic E-state index is -2.17. The third-order valence-electron chi connectivity index (χ3n) is 6.37. The number of nitrogens with two attached hydrogens (primary N) is 1. The lowest BCUT2D eigenvalue weighted by Crippen LogP contribution is -2.37. The lowest BCUT2D eigenvalue weighted by molar-refractivity contribution is 0.284. The molecule has 184 valence electrons. The van der Waals surface area contributed by atoms with Crippen LogP contribution < -0.4 is 16.0 Å². The number of pyridine rings is 1. The summed E-state index contributed by atoms with van der Waals surface area (Å²) in [6.07, 6.45) is 7.77. The summed E-state index contributed by atoms with van der Waals surface area (Å²) >= 11 is 0. The Kier molecular flexibility index (Phi) is 6.34. The standard InChI is InChI=1S/C25H39N9/c1-6-7-18(3)29-25-30-22(26)24-28-15-21(34(24)31-25)13-20-12-17(2)23(27-14-20)33-10-8-19(9-11-33)16-32(4)5/h12,14-15,18-19H,6-11,13,16H2,1-5H3,(H3,26,29,30,31)/t18-/m1/s1/i3D3. The molecule has 34 heavy (non-hydrogen) atoms. The maximum Gasteiger partial charge on any atom is 0.243 e. The molecule has 0 radical (unpaired) electrons. The topological polar surface area (TPSA) is 100 Å². The van der Waals surface area contributed by atoms with E-state index in [1.807, 2.05) is 13.1 Å². The zero-order valence-electron chi connectivity index (χ0n) is 23.8. The summed E-state index contributed by atoms with van der Waals surface area (Å²) in [4.78, 5) is 18.1. The fourth-order valence-electron chi connectivity index (χ4n) is 4.75.